The van der Waals surface area contributed by atoms with Gasteiger partial charge in [-0.05, 0) is 77.6 Å². The van der Waals surface area contributed by atoms with Gasteiger partial charge in [0, 0.05) is 55.0 Å². The number of rotatable bonds is 45. The number of aromatic amines is 1. The number of carboxylic acids is 2. The molecule has 41 heteroatoms. The molecule has 0 aliphatic carbocycles. The van der Waals surface area contributed by atoms with E-state index in [1.54, 1.807) is 13.8 Å². The number of aliphatic imine (C=N–C) groups is 4. The molecule has 1 heterocycles. The second-order valence-corrected chi connectivity index (χ2v) is 23.5. The molecule has 522 valence electrons. The molecule has 31 N–H and O–H groups in total. The number of hydrogen-bond acceptors (Lipinski definition) is 20. The van der Waals surface area contributed by atoms with Gasteiger partial charge in [0.2, 0.25) is 59.1 Å². The highest BCUT2D eigenvalue weighted by Gasteiger charge is 2.37. The number of nitrogens with one attached hydrogen (secondary N) is 11. The van der Waals surface area contributed by atoms with Crippen molar-refractivity contribution in [3.05, 3.63) is 18.2 Å². The van der Waals surface area contributed by atoms with E-state index in [2.05, 4.69) is 108 Å². The van der Waals surface area contributed by atoms with E-state index in [9.17, 15) is 67.7 Å². The highest BCUT2D eigenvalue weighted by Crippen LogP contribution is 2.18. The molecule has 93 heavy (non-hydrogen) atoms. The number of carbonyl (C=O) groups is 12. The Labute approximate surface area is 547 Å². The van der Waals surface area contributed by atoms with E-state index in [-0.39, 0.29) is 119 Å². The summed E-state index contributed by atoms with van der Waals surface area (Å²) in [5.41, 5.74) is 49.6. The van der Waals surface area contributed by atoms with E-state index >= 15 is 0 Å². The lowest BCUT2D eigenvalue weighted by Crippen LogP contribution is -2.60. The van der Waals surface area contributed by atoms with E-state index in [0.717, 1.165) is 0 Å². The monoisotopic (exact) mass is 1360 g/mol. The van der Waals surface area contributed by atoms with Crippen molar-refractivity contribution in [2.45, 2.75) is 157 Å². The molecule has 0 bridgehead atoms. The van der Waals surface area contributed by atoms with Crippen molar-refractivity contribution in [2.24, 2.45) is 77.5 Å². The molecule has 0 fully saturated rings. The first-order valence-corrected chi connectivity index (χ1v) is 30.3. The van der Waals surface area contributed by atoms with Crippen LogP contribution in [0.2, 0.25) is 0 Å². The van der Waals surface area contributed by atoms with Gasteiger partial charge in [0.25, 0.3) is 0 Å². The molecule has 0 unspecified atom stereocenters. The maximum absolute atomic E-state index is 14.1. The quantitative estimate of drug-likeness (QED) is 0.0125. The van der Waals surface area contributed by atoms with Crippen LogP contribution in [0.25, 0.3) is 0 Å². The Morgan fingerprint density at radius 1 is 0.527 bits per heavy atom. The van der Waals surface area contributed by atoms with Crippen molar-refractivity contribution < 1.29 is 67.7 Å². The average Bonchev–Trinajstić information content (AvgIpc) is 1.07. The summed E-state index contributed by atoms with van der Waals surface area (Å²) in [6.45, 7) is 4.94. The number of nitrogens with zero attached hydrogens (tertiary/aromatic N) is 5. The lowest BCUT2D eigenvalue weighted by molar-refractivity contribution is -0.142. The normalized spacial score (nSPS) is 13.9. The van der Waals surface area contributed by atoms with Crippen LogP contribution in [-0.4, -0.2) is 219 Å². The average molecular weight is 1360 g/mol. The topological polar surface area (TPSA) is 678 Å². The van der Waals surface area contributed by atoms with Crippen LogP contribution in [0.4, 0.5) is 0 Å². The van der Waals surface area contributed by atoms with Crippen molar-refractivity contribution >= 4 is 120 Å². The number of amides is 10. The Hall–Kier alpha value is -9.41. The maximum atomic E-state index is 14.1. The fourth-order valence-electron chi connectivity index (χ4n) is 8.29. The zero-order valence-corrected chi connectivity index (χ0v) is 54.1. The van der Waals surface area contributed by atoms with Gasteiger partial charge in [-0.3, -0.25) is 72.7 Å². The molecule has 0 saturated heterocycles. The SMILES string of the molecule is CC(C)C[C@H](NC(=O)[C@H](CC(=O)O)NC(=O)CNC(=O)[C@H](CCCN=C(N)N)NC(=O)[C@H](Cc1cnc[nH]1)NC(=O)CNC(=O)[C@H](NC(=O)[C@@H](N)CCCN=C(N)N)C(C)(C)S)C(=O)N[C@@H](CCCN=C(N)N)C(=O)N[C@@H](CS)C(=O)N[C@@H](CCCN=C(N)N)C(=O)O. The summed E-state index contributed by atoms with van der Waals surface area (Å²) in [5.74, 6) is -14.2. The van der Waals surface area contributed by atoms with E-state index in [4.69, 9.17) is 51.6 Å². The van der Waals surface area contributed by atoms with Crippen LogP contribution >= 0.6 is 25.3 Å². The first-order valence-electron chi connectivity index (χ1n) is 29.2. The Bertz CT molecular complexity index is 2790. The molecule has 0 aliphatic heterocycles. The van der Waals surface area contributed by atoms with Gasteiger partial charge in [0.05, 0.1) is 31.9 Å². The van der Waals surface area contributed by atoms with Gasteiger partial charge >= 0.3 is 11.9 Å². The standard InChI is InChI=1S/C52H93N25O14S2/c1-25(2)17-31(42(85)73-29(11-7-15-65-50(58)59)41(84)76-34(23-92)45(88)74-30(47(90)91)12-8-16-66-51(60)61)75-44(87)33(19-37(80)81)71-35(78)21-67-40(83)28(10-6-14-64-49(56)57)72-43(86)32(18-26-20-62-24-69-26)70-36(79)22-68-46(89)38(52(3,4)93)77-39(82)27(53)9-5-13-63-48(54)55/h20,24-25,27-34,38,92-93H,5-19,21-23,53H2,1-4H3,(H,62,69)(H,67,83)(H,68,89)(H,70,79)(H,71,78)(H,72,86)(H,73,85)(H,74,88)(H,75,87)(H,76,84)(H,77,82)(H,80,81)(H,90,91)(H4,54,55,63)(H4,56,57,64)(H4,58,59,65)(H4,60,61,66)/t27-,28-,29-,30-,31-,32-,33-,34-,38-/m0/s1. The van der Waals surface area contributed by atoms with Gasteiger partial charge in [-0.1, -0.05) is 13.8 Å². The van der Waals surface area contributed by atoms with Crippen molar-refractivity contribution in [1.29, 1.82) is 0 Å². The Kier molecular flexibility index (Phi) is 37.4. The number of aromatic nitrogens is 2. The Morgan fingerprint density at radius 2 is 0.925 bits per heavy atom. The second kappa shape index (κ2) is 42.6. The minimum absolute atomic E-state index is 0.0282. The summed E-state index contributed by atoms with van der Waals surface area (Å²) >= 11 is 8.61. The van der Waals surface area contributed by atoms with Crippen molar-refractivity contribution in [2.75, 3.05) is 45.0 Å². The fourth-order valence-corrected chi connectivity index (χ4v) is 8.73. The van der Waals surface area contributed by atoms with E-state index in [1.807, 2.05) is 0 Å². The predicted octanol–water partition coefficient (Wildman–Crippen LogP) is -9.15. The molecule has 0 aromatic carbocycles. The van der Waals surface area contributed by atoms with Crippen molar-refractivity contribution in [3.8, 4) is 0 Å². The molecular formula is C52H93N25O14S2. The van der Waals surface area contributed by atoms with Gasteiger partial charge in [-0.15, -0.1) is 0 Å². The third-order valence-corrected chi connectivity index (χ3v) is 13.6. The van der Waals surface area contributed by atoms with Crippen molar-refractivity contribution in [3.63, 3.8) is 0 Å². The number of H-pyrrole nitrogens is 1. The first-order chi connectivity index (χ1) is 43.5. The molecule has 0 aliphatic rings. The van der Waals surface area contributed by atoms with Gasteiger partial charge in [-0.25, -0.2) is 9.78 Å². The molecular weight excluding hydrogens is 1260 g/mol. The number of nitrogens with two attached hydrogens (primary N) is 9. The minimum atomic E-state index is -1.90. The summed E-state index contributed by atoms with van der Waals surface area (Å²) < 4.78 is -1.20. The summed E-state index contributed by atoms with van der Waals surface area (Å²) in [7, 11) is 0. The number of hydrogen-bond donors (Lipinski definition) is 24. The van der Waals surface area contributed by atoms with Gasteiger partial charge in [0.1, 0.15) is 48.3 Å². The lowest BCUT2D eigenvalue weighted by Gasteiger charge is -2.30. The van der Waals surface area contributed by atoms with Crippen LogP contribution in [0, 0.1) is 5.92 Å². The first kappa shape index (κ1) is 81.6. The highest BCUT2D eigenvalue weighted by atomic mass is 32.1. The summed E-state index contributed by atoms with van der Waals surface area (Å²) in [4.78, 5) is 183. The molecule has 39 nitrogen and oxygen atoms in total. The number of carbonyl (C=O) groups excluding carboxylic acids is 10. The molecule has 10 amide bonds. The third-order valence-electron chi connectivity index (χ3n) is 12.9. The molecule has 9 atom stereocenters. The number of guanidine groups is 4. The molecule has 0 saturated carbocycles. The van der Waals surface area contributed by atoms with Crippen molar-refractivity contribution in [1.82, 2.24) is 63.1 Å². The lowest BCUT2D eigenvalue weighted by atomic mass is 10.0. The zero-order chi connectivity index (χ0) is 70.5. The van der Waals surface area contributed by atoms with Crippen LogP contribution < -0.4 is 105 Å². The second-order valence-electron chi connectivity index (χ2n) is 22.0. The van der Waals surface area contributed by atoms with Crippen LogP contribution in [0.3, 0.4) is 0 Å². The smallest absolute Gasteiger partial charge is 0.326 e. The van der Waals surface area contributed by atoms with Crippen LogP contribution in [-0.2, 0) is 64.0 Å². The Balaban J connectivity index is 3.39. The summed E-state index contributed by atoms with van der Waals surface area (Å²) in [6, 6.07) is -13.1. The van der Waals surface area contributed by atoms with Gasteiger partial charge < -0.3 is 120 Å². The van der Waals surface area contributed by atoms with Crippen LogP contribution in [0.1, 0.15) is 97.6 Å². The van der Waals surface area contributed by atoms with Gasteiger partial charge in [0.15, 0.2) is 23.8 Å². The van der Waals surface area contributed by atoms with Crippen LogP contribution in [0.5, 0.6) is 0 Å². The molecule has 0 spiro atoms. The maximum Gasteiger partial charge on any atom is 0.326 e. The van der Waals surface area contributed by atoms with E-state index in [0.29, 0.717) is 12.1 Å². The van der Waals surface area contributed by atoms with Gasteiger partial charge in [-0.2, -0.15) is 25.3 Å². The Morgan fingerprint density at radius 3 is 1.37 bits per heavy atom. The molecule has 1 aromatic heterocycles. The largest absolute Gasteiger partial charge is 0.481 e. The number of carboxylic acid groups (broad SMARTS) is 2. The minimum Gasteiger partial charge on any atom is -0.481 e. The summed E-state index contributed by atoms with van der Waals surface area (Å²) in [6.07, 6.45) is 1.55. The van der Waals surface area contributed by atoms with E-state index in [1.165, 1.54) is 26.4 Å². The number of thiol groups is 2. The predicted molar refractivity (Wildman–Crippen MR) is 348 cm³/mol. The van der Waals surface area contributed by atoms with Crippen LogP contribution in [0.15, 0.2) is 32.5 Å². The molecule has 1 rings (SSSR count). The highest BCUT2D eigenvalue weighted by molar-refractivity contribution is 7.81. The number of aliphatic carboxylic acids is 2. The zero-order valence-electron chi connectivity index (χ0n) is 52.3. The van der Waals surface area contributed by atoms with E-state index < -0.39 is 150 Å². The third kappa shape index (κ3) is 35.1. The molecule has 0 radical (unpaired) electrons. The summed E-state index contributed by atoms with van der Waals surface area (Å²) in [5, 5.41) is 43.8. The molecule has 1 aromatic rings. The fraction of sp³-hybridized carbons (Fsp3) is 0.635. The number of imidazole rings is 1.